The molecule has 1 aliphatic carbocycles. The molecule has 2 unspecified atom stereocenters. The number of hydrogen-bond donors (Lipinski definition) is 1. The van der Waals surface area contributed by atoms with Gasteiger partial charge >= 0.3 is 0 Å². The number of thiophene rings is 1. The summed E-state index contributed by atoms with van der Waals surface area (Å²) in [5.41, 5.74) is 10.7. The second-order valence-electron chi connectivity index (χ2n) is 14.5. The first-order chi connectivity index (χ1) is 28.7. The monoisotopic (exact) mass is 764 g/mol. The smallest absolute Gasteiger partial charge is 0.187 e. The number of fused-ring (bicyclic) bond motifs is 6. The Bertz CT molecular complexity index is 3050. The second-order valence-corrected chi connectivity index (χ2v) is 15.6. The maximum absolute atomic E-state index is 7.43. The zero-order valence-corrected chi connectivity index (χ0v) is 31.8. The van der Waals surface area contributed by atoms with Crippen molar-refractivity contribution in [1.29, 1.82) is 0 Å². The summed E-state index contributed by atoms with van der Waals surface area (Å²) in [4.78, 5) is 25.3. The van der Waals surface area contributed by atoms with E-state index in [2.05, 4.69) is 95.1 Å². The van der Waals surface area contributed by atoms with Crippen LogP contribution in [0.2, 0.25) is 0 Å². The third-order valence-electron chi connectivity index (χ3n) is 11.0. The van der Waals surface area contributed by atoms with Gasteiger partial charge in [-0.05, 0) is 40.5 Å². The molecule has 6 aromatic carbocycles. The van der Waals surface area contributed by atoms with E-state index in [1.165, 1.54) is 20.5 Å². The number of allylic oxidation sites excluding steroid dienone is 2. The highest BCUT2D eigenvalue weighted by atomic mass is 32.1. The predicted octanol–water partition coefficient (Wildman–Crippen LogP) is 12.2. The fraction of sp³-hybridized carbons (Fsp3) is 0.0600. The number of ether oxygens (including phenoxy) is 1. The van der Waals surface area contributed by atoms with E-state index in [-0.39, 0.29) is 12.1 Å². The number of amidine groups is 1. The molecular weight excluding hydrogens is 733 g/mol. The molecule has 3 aliphatic rings. The summed E-state index contributed by atoms with van der Waals surface area (Å²) in [7, 11) is 0. The van der Waals surface area contributed by atoms with Gasteiger partial charge in [-0.15, -0.1) is 11.3 Å². The highest BCUT2D eigenvalue weighted by Crippen LogP contribution is 2.49. The largest absolute Gasteiger partial charge is 0.485 e. The van der Waals surface area contributed by atoms with Crippen LogP contribution in [0.5, 0.6) is 5.75 Å². The quantitative estimate of drug-likeness (QED) is 0.171. The minimum absolute atomic E-state index is 0.00965. The van der Waals surface area contributed by atoms with Crippen LogP contribution in [0.4, 0.5) is 11.4 Å². The minimum Gasteiger partial charge on any atom is -0.485 e. The van der Waals surface area contributed by atoms with Crippen molar-refractivity contribution in [2.45, 2.75) is 18.6 Å². The average molecular weight is 765 g/mol. The molecule has 0 amide bonds. The lowest BCUT2D eigenvalue weighted by Gasteiger charge is -2.28. The van der Waals surface area contributed by atoms with Gasteiger partial charge in [0.2, 0.25) is 0 Å². The van der Waals surface area contributed by atoms with E-state index in [0.29, 0.717) is 29.6 Å². The Balaban J connectivity index is 0.984. The molecule has 0 spiro atoms. The van der Waals surface area contributed by atoms with Crippen LogP contribution < -0.4 is 10.1 Å². The molecule has 8 heteroatoms. The molecule has 0 saturated heterocycles. The van der Waals surface area contributed by atoms with Gasteiger partial charge in [-0.3, -0.25) is 0 Å². The lowest BCUT2D eigenvalue weighted by molar-refractivity contribution is 0.277. The molecule has 11 rings (SSSR count). The summed E-state index contributed by atoms with van der Waals surface area (Å²) in [6.45, 7) is 7.43. The van der Waals surface area contributed by atoms with Crippen molar-refractivity contribution in [2.24, 2.45) is 4.99 Å². The second kappa shape index (κ2) is 13.9. The third kappa shape index (κ3) is 5.88. The Morgan fingerprint density at radius 2 is 1.34 bits per heavy atom. The van der Waals surface area contributed by atoms with Crippen molar-refractivity contribution in [3.63, 3.8) is 0 Å². The fourth-order valence-electron chi connectivity index (χ4n) is 8.13. The van der Waals surface area contributed by atoms with E-state index in [0.717, 1.165) is 61.8 Å². The van der Waals surface area contributed by atoms with Gasteiger partial charge in [-0.2, -0.15) is 0 Å². The molecule has 274 valence electrons. The molecule has 0 radical (unpaired) electrons. The van der Waals surface area contributed by atoms with Gasteiger partial charge in [-0.1, -0.05) is 146 Å². The molecule has 2 aliphatic heterocycles. The normalized spacial score (nSPS) is 16.4. The van der Waals surface area contributed by atoms with Gasteiger partial charge in [0, 0.05) is 44.3 Å². The van der Waals surface area contributed by atoms with E-state index in [1.807, 2.05) is 78.9 Å². The van der Waals surface area contributed by atoms with E-state index in [9.17, 15) is 0 Å². The minimum atomic E-state index is -0.194. The Morgan fingerprint density at radius 1 is 0.655 bits per heavy atom. The van der Waals surface area contributed by atoms with Crippen LogP contribution >= 0.6 is 11.3 Å². The molecule has 7 nitrogen and oxygen atoms in total. The molecule has 2 aromatic heterocycles. The molecule has 1 N–H and O–H groups in total. The summed E-state index contributed by atoms with van der Waals surface area (Å²) in [6, 6.07) is 51.1. The highest BCUT2D eigenvalue weighted by molar-refractivity contribution is 7.19. The van der Waals surface area contributed by atoms with Crippen LogP contribution in [0.3, 0.4) is 0 Å². The van der Waals surface area contributed by atoms with Crippen molar-refractivity contribution >= 4 is 44.2 Å². The molecule has 0 bridgehead atoms. The molecule has 8 aromatic rings. The summed E-state index contributed by atoms with van der Waals surface area (Å²) >= 11 is 1.81. The van der Waals surface area contributed by atoms with Crippen LogP contribution in [0.25, 0.3) is 65.8 Å². The Morgan fingerprint density at radius 3 is 2.16 bits per heavy atom. The predicted molar refractivity (Wildman–Crippen MR) is 233 cm³/mol. The fourth-order valence-corrected chi connectivity index (χ4v) is 9.35. The van der Waals surface area contributed by atoms with E-state index in [4.69, 9.17) is 31.3 Å². The highest BCUT2D eigenvalue weighted by Gasteiger charge is 2.37. The van der Waals surface area contributed by atoms with E-state index >= 15 is 0 Å². The van der Waals surface area contributed by atoms with Gasteiger partial charge in [0.05, 0.1) is 23.2 Å². The number of aliphatic imine (C=N–C) groups is 1. The number of hydrogen-bond acceptors (Lipinski definition) is 7. The summed E-state index contributed by atoms with van der Waals surface area (Å²) < 4.78 is 7.99. The molecule has 4 heterocycles. The van der Waals surface area contributed by atoms with Crippen molar-refractivity contribution in [3.05, 3.63) is 197 Å². The van der Waals surface area contributed by atoms with Crippen LogP contribution in [0.1, 0.15) is 28.5 Å². The summed E-state index contributed by atoms with van der Waals surface area (Å²) in [6.07, 6.45) is 4.84. The number of rotatable bonds is 6. The average Bonchev–Trinajstić information content (AvgIpc) is 3.87. The third-order valence-corrected chi connectivity index (χ3v) is 12.2. The number of benzene rings is 6. The Hall–Kier alpha value is -7.47. The zero-order chi connectivity index (χ0) is 38.6. The first-order valence-corrected chi connectivity index (χ1v) is 20.0. The van der Waals surface area contributed by atoms with Crippen molar-refractivity contribution < 1.29 is 4.74 Å². The zero-order valence-electron chi connectivity index (χ0n) is 31.0. The Labute approximate surface area is 339 Å². The van der Waals surface area contributed by atoms with Crippen molar-refractivity contribution in [3.8, 4) is 51.0 Å². The molecule has 0 fully saturated rings. The van der Waals surface area contributed by atoms with Gasteiger partial charge in [0.1, 0.15) is 17.7 Å². The molecular formula is C50H32N6OS. The van der Waals surface area contributed by atoms with Crippen LogP contribution in [0, 0.1) is 6.57 Å². The van der Waals surface area contributed by atoms with E-state index < -0.39 is 0 Å². The lowest BCUT2D eigenvalue weighted by Crippen LogP contribution is -2.34. The van der Waals surface area contributed by atoms with Crippen LogP contribution in [0.15, 0.2) is 174 Å². The lowest BCUT2D eigenvalue weighted by atomic mass is 9.88. The van der Waals surface area contributed by atoms with Crippen molar-refractivity contribution in [1.82, 2.24) is 20.3 Å². The van der Waals surface area contributed by atoms with Gasteiger partial charge in [0.15, 0.2) is 23.2 Å². The maximum Gasteiger partial charge on any atom is 0.187 e. The van der Waals surface area contributed by atoms with Crippen LogP contribution in [-0.2, 0) is 0 Å². The number of aromatic nitrogens is 3. The van der Waals surface area contributed by atoms with Gasteiger partial charge in [-0.25, -0.2) is 24.8 Å². The Kier molecular flexibility index (Phi) is 8.12. The molecule has 58 heavy (non-hydrogen) atoms. The summed E-state index contributed by atoms with van der Waals surface area (Å²) in [5.74, 6) is 3.43. The summed E-state index contributed by atoms with van der Waals surface area (Å²) in [5, 5.41) is 5.00. The van der Waals surface area contributed by atoms with Crippen molar-refractivity contribution in [2.75, 3.05) is 0 Å². The topological polar surface area (TPSA) is 76.7 Å². The maximum atomic E-state index is 7.43. The first-order valence-electron chi connectivity index (χ1n) is 19.2. The van der Waals surface area contributed by atoms with Gasteiger partial charge in [0.25, 0.3) is 0 Å². The van der Waals surface area contributed by atoms with E-state index in [1.54, 1.807) is 11.3 Å². The van der Waals surface area contributed by atoms with Crippen LogP contribution in [-0.4, -0.2) is 26.9 Å². The number of nitrogens with one attached hydrogen (secondary N) is 1. The molecule has 0 saturated carbocycles. The standard InChI is InChI=1S/C50H32N6OS/c1-51-36-17-10-16-34(28-36)30-22-24-33(25-23-30)48-54-47(32-14-6-3-7-15-32)55-50(56-48)39-19-11-20-40-43(39)37-27-26-35(29-41(37)57-40)49-52-44(31-12-4-2-5-13-31)46-45(53-49)38-18-8-9-21-42(38)58-46/h2-28,41,44H,29H2,(H,52,53). The molecule has 2 atom stereocenters. The number of nitrogens with zero attached hydrogens (tertiary/aromatic N) is 5. The van der Waals surface area contributed by atoms with Gasteiger partial charge < -0.3 is 10.1 Å². The first kappa shape index (κ1) is 33.8. The SMILES string of the molecule is [C-]#[N+]c1cccc(-c2ccc(-c3nc(-c4ccccc4)nc(-c4cccc5c4C4=CC=C(C6=Nc7c(sc8ccccc78)C(c7ccccc7)N6)CC4O5)n3)cc2)c1.